The molecule has 1 aromatic carbocycles. The van der Waals surface area contributed by atoms with Crippen molar-refractivity contribution in [3.63, 3.8) is 0 Å². The zero-order chi connectivity index (χ0) is 15.2. The summed E-state index contributed by atoms with van der Waals surface area (Å²) in [6.45, 7) is 0.586. The molecule has 2 rings (SSSR count). The van der Waals surface area contributed by atoms with E-state index in [4.69, 9.17) is 4.74 Å². The van der Waals surface area contributed by atoms with Gasteiger partial charge in [0.2, 0.25) is 0 Å². The third-order valence-corrected chi connectivity index (χ3v) is 3.44. The van der Waals surface area contributed by atoms with E-state index in [0.717, 1.165) is 43.9 Å². The van der Waals surface area contributed by atoms with Crippen molar-refractivity contribution in [2.75, 3.05) is 13.2 Å². The second-order valence-electron chi connectivity index (χ2n) is 4.95. The largest absolute Gasteiger partial charge is 0.376 e. The van der Waals surface area contributed by atoms with Crippen LogP contribution in [-0.4, -0.2) is 30.1 Å². The van der Waals surface area contributed by atoms with Crippen molar-refractivity contribution < 1.29 is 18.8 Å². The molecule has 114 valence electrons. The number of hydrogen-bond acceptors (Lipinski definition) is 4. The summed E-state index contributed by atoms with van der Waals surface area (Å²) in [5.74, 6) is -1.36. The molecule has 0 unspecified atom stereocenters. The summed E-state index contributed by atoms with van der Waals surface area (Å²) in [6.07, 6.45) is 4.62. The number of nitrogens with one attached hydrogen (secondary N) is 1. The molecule has 0 bridgehead atoms. The number of ether oxygens (including phenoxy) is 1. The molecule has 21 heavy (non-hydrogen) atoms. The molecule has 1 aromatic rings. The Morgan fingerprint density at radius 3 is 2.81 bits per heavy atom. The Kier molecular flexibility index (Phi) is 5.21. The van der Waals surface area contributed by atoms with Gasteiger partial charge in [0.05, 0.1) is 17.6 Å². The third-order valence-electron chi connectivity index (χ3n) is 3.44. The Labute approximate surface area is 121 Å². The molecule has 0 atom stereocenters. The van der Waals surface area contributed by atoms with Gasteiger partial charge in [-0.2, -0.15) is 0 Å². The molecule has 1 aliphatic rings. The molecule has 6 nitrogen and oxygen atoms in total. The van der Waals surface area contributed by atoms with E-state index in [1.54, 1.807) is 0 Å². The van der Waals surface area contributed by atoms with Crippen LogP contribution in [0.5, 0.6) is 0 Å². The molecule has 1 amide bonds. The van der Waals surface area contributed by atoms with E-state index in [0.29, 0.717) is 6.61 Å². The molecule has 0 heterocycles. The smallest absolute Gasteiger partial charge is 0.282 e. The van der Waals surface area contributed by atoms with Gasteiger partial charge in [0, 0.05) is 12.6 Å². The number of nitro groups is 1. The minimum absolute atomic E-state index is 0.239. The van der Waals surface area contributed by atoms with E-state index >= 15 is 0 Å². The fourth-order valence-electron chi connectivity index (χ4n) is 2.39. The van der Waals surface area contributed by atoms with Gasteiger partial charge in [-0.3, -0.25) is 14.9 Å². The highest BCUT2D eigenvalue weighted by molar-refractivity contribution is 5.98. The van der Waals surface area contributed by atoms with Gasteiger partial charge in [0.1, 0.15) is 11.4 Å². The topological polar surface area (TPSA) is 81.5 Å². The number of hydrogen-bond donors (Lipinski definition) is 1. The average Bonchev–Trinajstić information content (AvgIpc) is 2.96. The number of benzene rings is 1. The van der Waals surface area contributed by atoms with Gasteiger partial charge in [-0.1, -0.05) is 12.8 Å². The molecular formula is C14H17FN2O4. The number of carbonyl (C=O) groups excluding carboxylic acids is 1. The first kappa shape index (κ1) is 15.4. The highest BCUT2D eigenvalue weighted by atomic mass is 19.1. The van der Waals surface area contributed by atoms with Crippen molar-refractivity contribution in [1.29, 1.82) is 0 Å². The van der Waals surface area contributed by atoms with Gasteiger partial charge in [0.25, 0.3) is 11.6 Å². The van der Waals surface area contributed by atoms with Crippen LogP contribution < -0.4 is 5.32 Å². The molecule has 1 aliphatic carbocycles. The average molecular weight is 296 g/mol. The van der Waals surface area contributed by atoms with E-state index in [1.165, 1.54) is 0 Å². The first-order chi connectivity index (χ1) is 10.1. The van der Waals surface area contributed by atoms with Gasteiger partial charge in [-0.25, -0.2) is 4.39 Å². The maximum absolute atomic E-state index is 13.1. The number of nitrogens with zero attached hydrogens (tertiary/aromatic N) is 1. The summed E-state index contributed by atoms with van der Waals surface area (Å²) in [5.41, 5.74) is -0.688. The Bertz CT molecular complexity index is 530. The monoisotopic (exact) mass is 296 g/mol. The number of carbonyl (C=O) groups is 1. The summed E-state index contributed by atoms with van der Waals surface area (Å²) >= 11 is 0. The Balaban J connectivity index is 1.87. The fourth-order valence-corrected chi connectivity index (χ4v) is 2.39. The van der Waals surface area contributed by atoms with Crippen LogP contribution in [0.15, 0.2) is 18.2 Å². The van der Waals surface area contributed by atoms with Gasteiger partial charge >= 0.3 is 0 Å². The normalized spacial score (nSPS) is 15.1. The highest BCUT2D eigenvalue weighted by Gasteiger charge is 2.21. The Morgan fingerprint density at radius 2 is 2.14 bits per heavy atom. The van der Waals surface area contributed by atoms with Crippen LogP contribution in [0.2, 0.25) is 0 Å². The number of rotatable bonds is 6. The molecule has 0 saturated heterocycles. The number of amides is 1. The maximum atomic E-state index is 13.1. The standard InChI is InChI=1S/C14H17FN2O4/c15-10-5-6-13(17(19)20)12(9-10)14(18)16-7-8-21-11-3-1-2-4-11/h5-6,9,11H,1-4,7-8H2,(H,16,18). The molecule has 0 spiro atoms. The summed E-state index contributed by atoms with van der Waals surface area (Å²) < 4.78 is 18.7. The van der Waals surface area contributed by atoms with Crippen molar-refractivity contribution in [3.8, 4) is 0 Å². The van der Waals surface area contributed by atoms with Crippen molar-refractivity contribution >= 4 is 11.6 Å². The zero-order valence-electron chi connectivity index (χ0n) is 11.5. The first-order valence-corrected chi connectivity index (χ1v) is 6.91. The molecule has 1 fully saturated rings. The molecule has 1 saturated carbocycles. The number of halogens is 1. The molecule has 0 aromatic heterocycles. The van der Waals surface area contributed by atoms with E-state index < -0.39 is 22.3 Å². The lowest BCUT2D eigenvalue weighted by atomic mass is 10.1. The molecule has 0 radical (unpaired) electrons. The summed E-state index contributed by atoms with van der Waals surface area (Å²) in [4.78, 5) is 22.0. The second kappa shape index (κ2) is 7.12. The fraction of sp³-hybridized carbons (Fsp3) is 0.500. The van der Waals surface area contributed by atoms with E-state index in [2.05, 4.69) is 5.32 Å². The molecule has 0 aliphatic heterocycles. The second-order valence-corrected chi connectivity index (χ2v) is 4.95. The van der Waals surface area contributed by atoms with Gasteiger partial charge in [0.15, 0.2) is 0 Å². The van der Waals surface area contributed by atoms with Crippen LogP contribution in [0.1, 0.15) is 36.0 Å². The van der Waals surface area contributed by atoms with E-state index in [-0.39, 0.29) is 18.2 Å². The number of nitro benzene ring substituents is 1. The van der Waals surface area contributed by atoms with Gasteiger partial charge in [-0.15, -0.1) is 0 Å². The predicted molar refractivity (Wildman–Crippen MR) is 73.6 cm³/mol. The lowest BCUT2D eigenvalue weighted by Crippen LogP contribution is -2.29. The zero-order valence-corrected chi connectivity index (χ0v) is 11.5. The lowest BCUT2D eigenvalue weighted by Gasteiger charge is -2.11. The summed E-state index contributed by atoms with van der Waals surface area (Å²) in [5, 5.41) is 13.3. The van der Waals surface area contributed by atoms with Gasteiger partial charge in [-0.05, 0) is 25.0 Å². The maximum Gasteiger partial charge on any atom is 0.282 e. The lowest BCUT2D eigenvalue weighted by molar-refractivity contribution is -0.385. The van der Waals surface area contributed by atoms with Crippen LogP contribution in [0.4, 0.5) is 10.1 Å². The summed E-state index contributed by atoms with van der Waals surface area (Å²) in [6, 6.07) is 2.81. The highest BCUT2D eigenvalue weighted by Crippen LogP contribution is 2.21. The van der Waals surface area contributed by atoms with Crippen molar-refractivity contribution in [3.05, 3.63) is 39.7 Å². The van der Waals surface area contributed by atoms with Crippen LogP contribution in [0, 0.1) is 15.9 Å². The third kappa shape index (κ3) is 4.22. The van der Waals surface area contributed by atoms with E-state index in [9.17, 15) is 19.3 Å². The van der Waals surface area contributed by atoms with Crippen LogP contribution >= 0.6 is 0 Å². The Morgan fingerprint density at radius 1 is 1.43 bits per heavy atom. The van der Waals surface area contributed by atoms with Gasteiger partial charge < -0.3 is 10.1 Å². The molecular weight excluding hydrogens is 279 g/mol. The van der Waals surface area contributed by atoms with Crippen molar-refractivity contribution in [1.82, 2.24) is 5.32 Å². The van der Waals surface area contributed by atoms with Crippen LogP contribution in [-0.2, 0) is 4.74 Å². The SMILES string of the molecule is O=C(NCCOC1CCCC1)c1cc(F)ccc1[N+](=O)[O-]. The quantitative estimate of drug-likeness (QED) is 0.496. The first-order valence-electron chi connectivity index (χ1n) is 6.91. The van der Waals surface area contributed by atoms with Crippen molar-refractivity contribution in [2.45, 2.75) is 31.8 Å². The van der Waals surface area contributed by atoms with Crippen LogP contribution in [0.3, 0.4) is 0 Å². The minimum atomic E-state index is -0.705. The Hall–Kier alpha value is -2.02. The summed E-state index contributed by atoms with van der Waals surface area (Å²) in [7, 11) is 0. The van der Waals surface area contributed by atoms with Crippen LogP contribution in [0.25, 0.3) is 0 Å². The molecule has 1 N–H and O–H groups in total. The van der Waals surface area contributed by atoms with E-state index in [1.807, 2.05) is 0 Å². The predicted octanol–water partition coefficient (Wildman–Crippen LogP) is 2.42. The minimum Gasteiger partial charge on any atom is -0.376 e. The molecule has 7 heteroatoms. The van der Waals surface area contributed by atoms with Crippen molar-refractivity contribution in [2.24, 2.45) is 0 Å².